The first-order chi connectivity index (χ1) is 14.2. The molecule has 7 heteroatoms. The van der Waals surface area contributed by atoms with Gasteiger partial charge >= 0.3 is 0 Å². The maximum Gasteiger partial charge on any atom is 0.278 e. The zero-order valence-corrected chi connectivity index (χ0v) is 19.1. The normalized spacial score (nSPS) is 16.9. The lowest BCUT2D eigenvalue weighted by Gasteiger charge is -2.34. The van der Waals surface area contributed by atoms with E-state index in [4.69, 9.17) is 0 Å². The van der Waals surface area contributed by atoms with E-state index in [2.05, 4.69) is 5.32 Å². The first kappa shape index (κ1) is 22.5. The Hall–Kier alpha value is -2.22. The van der Waals surface area contributed by atoms with Crippen LogP contribution in [0.25, 0.3) is 0 Å². The van der Waals surface area contributed by atoms with Gasteiger partial charge in [0.05, 0.1) is 31.1 Å². The molecule has 30 heavy (non-hydrogen) atoms. The molecule has 0 aliphatic carbocycles. The number of hydrogen-bond acceptors (Lipinski definition) is 3. The summed E-state index contributed by atoms with van der Waals surface area (Å²) in [7, 11) is -3.51. The molecule has 1 heterocycles. The third-order valence-electron chi connectivity index (χ3n) is 5.92. The van der Waals surface area contributed by atoms with Crippen LogP contribution >= 0.6 is 0 Å². The van der Waals surface area contributed by atoms with Crippen LogP contribution in [0.1, 0.15) is 29.2 Å². The highest BCUT2D eigenvalue weighted by Gasteiger charge is 2.34. The molecular formula is C23H32N3O3S+. The van der Waals surface area contributed by atoms with E-state index in [-0.39, 0.29) is 11.9 Å². The Morgan fingerprint density at radius 2 is 1.63 bits per heavy atom. The van der Waals surface area contributed by atoms with Gasteiger partial charge in [-0.2, -0.15) is 4.31 Å². The van der Waals surface area contributed by atoms with Crippen molar-refractivity contribution in [3.63, 3.8) is 0 Å². The van der Waals surface area contributed by atoms with E-state index in [0.29, 0.717) is 37.6 Å². The summed E-state index contributed by atoms with van der Waals surface area (Å²) >= 11 is 0. The third-order valence-corrected chi connectivity index (χ3v) is 7.96. The fourth-order valence-electron chi connectivity index (χ4n) is 3.80. The molecule has 2 N–H and O–H groups in total. The number of hydrogen-bond donors (Lipinski definition) is 2. The molecule has 2 aromatic rings. The van der Waals surface area contributed by atoms with Gasteiger partial charge in [0.2, 0.25) is 10.0 Å². The minimum Gasteiger partial charge on any atom is -0.347 e. The molecule has 0 unspecified atom stereocenters. The van der Waals surface area contributed by atoms with Gasteiger partial charge in [-0.25, -0.2) is 8.42 Å². The first-order valence-corrected chi connectivity index (χ1v) is 11.9. The molecule has 1 aliphatic heterocycles. The maximum atomic E-state index is 13.1. The number of carbonyl (C=O) groups is 1. The van der Waals surface area contributed by atoms with Crippen LogP contribution in [-0.2, 0) is 21.4 Å². The SMILES string of the molecule is Cc1ccc(CNC(=O)[C@H](C)[NH+]2CCN(S(=O)(=O)c3cc(C)ccc3C)CC2)cc1. The fourth-order valence-corrected chi connectivity index (χ4v) is 5.56. The number of quaternary nitrogens is 1. The molecule has 0 aromatic heterocycles. The summed E-state index contributed by atoms with van der Waals surface area (Å²) in [6, 6.07) is 13.4. The fraction of sp³-hybridized carbons (Fsp3) is 0.435. The Kier molecular flexibility index (Phi) is 6.95. The van der Waals surface area contributed by atoms with Gasteiger partial charge in [-0.05, 0) is 50.5 Å². The van der Waals surface area contributed by atoms with E-state index in [9.17, 15) is 13.2 Å². The molecule has 0 saturated carbocycles. The van der Waals surface area contributed by atoms with Gasteiger partial charge in [0.15, 0.2) is 6.04 Å². The molecule has 1 fully saturated rings. The number of piperazine rings is 1. The number of carbonyl (C=O) groups excluding carboxylic acids is 1. The van der Waals surface area contributed by atoms with Crippen LogP contribution in [0.2, 0.25) is 0 Å². The van der Waals surface area contributed by atoms with E-state index < -0.39 is 10.0 Å². The summed E-state index contributed by atoms with van der Waals surface area (Å²) in [4.78, 5) is 14.1. The lowest BCUT2D eigenvalue weighted by molar-refractivity contribution is -0.917. The van der Waals surface area contributed by atoms with Crippen molar-refractivity contribution in [2.24, 2.45) is 0 Å². The van der Waals surface area contributed by atoms with Crippen LogP contribution < -0.4 is 10.2 Å². The zero-order valence-electron chi connectivity index (χ0n) is 18.2. The van der Waals surface area contributed by atoms with Gasteiger partial charge in [0, 0.05) is 6.54 Å². The van der Waals surface area contributed by atoms with Crippen LogP contribution in [-0.4, -0.2) is 50.9 Å². The van der Waals surface area contributed by atoms with E-state index in [1.54, 1.807) is 10.4 Å². The summed E-state index contributed by atoms with van der Waals surface area (Å²) in [6.07, 6.45) is 0. The maximum absolute atomic E-state index is 13.1. The number of rotatable bonds is 6. The van der Waals surface area contributed by atoms with Crippen LogP contribution in [0.3, 0.4) is 0 Å². The van der Waals surface area contributed by atoms with E-state index in [1.807, 2.05) is 64.1 Å². The quantitative estimate of drug-likeness (QED) is 0.724. The van der Waals surface area contributed by atoms with E-state index in [1.165, 1.54) is 5.56 Å². The highest BCUT2D eigenvalue weighted by Crippen LogP contribution is 2.21. The number of nitrogens with zero attached hydrogens (tertiary/aromatic N) is 1. The smallest absolute Gasteiger partial charge is 0.278 e. The molecule has 0 bridgehead atoms. The van der Waals surface area contributed by atoms with Gasteiger partial charge in [0.1, 0.15) is 0 Å². The van der Waals surface area contributed by atoms with Gasteiger partial charge in [-0.1, -0.05) is 42.0 Å². The van der Waals surface area contributed by atoms with Gasteiger partial charge in [-0.3, -0.25) is 4.79 Å². The van der Waals surface area contributed by atoms with Crippen molar-refractivity contribution in [2.45, 2.75) is 45.2 Å². The lowest BCUT2D eigenvalue weighted by Crippen LogP contribution is -3.19. The molecule has 1 atom stereocenters. The summed E-state index contributed by atoms with van der Waals surface area (Å²) in [5.41, 5.74) is 3.96. The highest BCUT2D eigenvalue weighted by molar-refractivity contribution is 7.89. The van der Waals surface area contributed by atoms with E-state index in [0.717, 1.165) is 21.6 Å². The van der Waals surface area contributed by atoms with Crippen molar-refractivity contribution in [1.29, 1.82) is 0 Å². The number of aryl methyl sites for hydroxylation is 3. The van der Waals surface area contributed by atoms with Crippen molar-refractivity contribution in [1.82, 2.24) is 9.62 Å². The molecule has 1 saturated heterocycles. The van der Waals surface area contributed by atoms with Crippen molar-refractivity contribution < 1.29 is 18.1 Å². The second kappa shape index (κ2) is 9.29. The van der Waals surface area contributed by atoms with Crippen molar-refractivity contribution in [3.8, 4) is 0 Å². The predicted molar refractivity (Wildman–Crippen MR) is 118 cm³/mol. The third kappa shape index (κ3) is 5.09. The minimum atomic E-state index is -3.51. The Bertz CT molecular complexity index is 995. The molecular weight excluding hydrogens is 398 g/mol. The van der Waals surface area contributed by atoms with Crippen LogP contribution in [0.4, 0.5) is 0 Å². The van der Waals surface area contributed by atoms with Crippen LogP contribution in [0, 0.1) is 20.8 Å². The molecule has 162 valence electrons. The summed E-state index contributed by atoms with van der Waals surface area (Å²) in [6.45, 7) is 10.2. The highest BCUT2D eigenvalue weighted by atomic mass is 32.2. The minimum absolute atomic E-state index is 0.00332. The van der Waals surface area contributed by atoms with Gasteiger partial charge < -0.3 is 10.2 Å². The molecule has 0 radical (unpaired) electrons. The number of benzene rings is 2. The lowest BCUT2D eigenvalue weighted by atomic mass is 10.1. The molecule has 0 spiro atoms. The van der Waals surface area contributed by atoms with E-state index >= 15 is 0 Å². The largest absolute Gasteiger partial charge is 0.347 e. The Balaban J connectivity index is 1.57. The average Bonchev–Trinajstić information content (AvgIpc) is 2.74. The molecule has 2 aromatic carbocycles. The molecule has 3 rings (SSSR count). The summed E-state index contributed by atoms with van der Waals surface area (Å²) in [5, 5.41) is 3.00. The summed E-state index contributed by atoms with van der Waals surface area (Å²) < 4.78 is 27.7. The van der Waals surface area contributed by atoms with Crippen molar-refractivity contribution >= 4 is 15.9 Å². The Morgan fingerprint density at radius 3 is 2.27 bits per heavy atom. The number of sulfonamides is 1. The molecule has 1 aliphatic rings. The number of amides is 1. The first-order valence-electron chi connectivity index (χ1n) is 10.4. The predicted octanol–water partition coefficient (Wildman–Crippen LogP) is 1.21. The standard InChI is InChI=1S/C23H31N3O3S/c1-17-6-9-21(10-7-17)16-24-23(27)20(4)25-11-13-26(14-12-25)30(28,29)22-15-18(2)5-8-19(22)3/h5-10,15,20H,11-14,16H2,1-4H3,(H,24,27)/p+1/t20-/m0/s1. The molecule has 1 amide bonds. The zero-order chi connectivity index (χ0) is 21.9. The second-order valence-electron chi connectivity index (χ2n) is 8.26. The Morgan fingerprint density at radius 1 is 1.03 bits per heavy atom. The average molecular weight is 431 g/mol. The topological polar surface area (TPSA) is 70.9 Å². The van der Waals surface area contributed by atoms with Crippen molar-refractivity contribution in [3.05, 3.63) is 64.7 Å². The Labute approximate surface area is 179 Å². The second-order valence-corrected chi connectivity index (χ2v) is 10.2. The molecule has 6 nitrogen and oxygen atoms in total. The summed E-state index contributed by atoms with van der Waals surface area (Å²) in [5.74, 6) is -0.00332. The van der Waals surface area contributed by atoms with Crippen LogP contribution in [0.15, 0.2) is 47.4 Å². The number of nitrogens with one attached hydrogen (secondary N) is 2. The van der Waals surface area contributed by atoms with Gasteiger partial charge in [-0.15, -0.1) is 0 Å². The van der Waals surface area contributed by atoms with Crippen LogP contribution in [0.5, 0.6) is 0 Å². The van der Waals surface area contributed by atoms with Gasteiger partial charge in [0.25, 0.3) is 5.91 Å². The van der Waals surface area contributed by atoms with Crippen molar-refractivity contribution in [2.75, 3.05) is 26.2 Å². The monoisotopic (exact) mass is 430 g/mol.